The fraction of sp³-hybridized carbons (Fsp3) is 0.500. The number of hydrogen-bond donors (Lipinski definition) is 1. The molecular formula is C14H21NO4. The van der Waals surface area contributed by atoms with E-state index in [0.29, 0.717) is 6.54 Å². The van der Waals surface area contributed by atoms with Crippen LogP contribution >= 0.6 is 0 Å². The second kappa shape index (κ2) is 7.76. The Labute approximate surface area is 113 Å². The fourth-order valence-corrected chi connectivity index (χ4v) is 1.68. The molecule has 5 nitrogen and oxygen atoms in total. The summed E-state index contributed by atoms with van der Waals surface area (Å²) in [6.07, 6.45) is -0.441. The van der Waals surface area contributed by atoms with Gasteiger partial charge >= 0.3 is 0 Å². The minimum absolute atomic E-state index is 0.0220. The highest BCUT2D eigenvalue weighted by Crippen LogP contribution is 2.21. The number of hydrogen-bond acceptors (Lipinski definition) is 4. The minimum Gasteiger partial charge on any atom is -0.483 e. The van der Waals surface area contributed by atoms with Crippen LogP contribution in [0.5, 0.6) is 5.75 Å². The SMILES string of the molecule is COC(CNC(=O)COc1c(C)cccc1C)OC. The van der Waals surface area contributed by atoms with Gasteiger partial charge in [0.2, 0.25) is 0 Å². The number of aryl methyl sites for hydroxylation is 2. The molecule has 1 N–H and O–H groups in total. The van der Waals surface area contributed by atoms with E-state index in [4.69, 9.17) is 14.2 Å². The smallest absolute Gasteiger partial charge is 0.258 e. The molecule has 5 heteroatoms. The molecule has 0 fully saturated rings. The van der Waals surface area contributed by atoms with Crippen LogP contribution in [0.2, 0.25) is 0 Å². The van der Waals surface area contributed by atoms with Crippen LogP contribution in [0, 0.1) is 13.8 Å². The lowest BCUT2D eigenvalue weighted by Gasteiger charge is -2.15. The van der Waals surface area contributed by atoms with E-state index in [-0.39, 0.29) is 12.5 Å². The van der Waals surface area contributed by atoms with E-state index >= 15 is 0 Å². The largest absolute Gasteiger partial charge is 0.483 e. The van der Waals surface area contributed by atoms with E-state index in [2.05, 4.69) is 5.32 Å². The molecule has 0 aliphatic rings. The van der Waals surface area contributed by atoms with E-state index in [1.54, 1.807) is 0 Å². The second-order valence-corrected chi connectivity index (χ2v) is 4.21. The van der Waals surface area contributed by atoms with Gasteiger partial charge in [-0.25, -0.2) is 0 Å². The van der Waals surface area contributed by atoms with Crippen molar-refractivity contribution in [2.24, 2.45) is 0 Å². The first-order valence-electron chi connectivity index (χ1n) is 6.09. The molecule has 0 bridgehead atoms. The molecule has 0 spiro atoms. The summed E-state index contributed by atoms with van der Waals surface area (Å²) in [5.74, 6) is 0.550. The van der Waals surface area contributed by atoms with Crippen molar-refractivity contribution in [3.8, 4) is 5.75 Å². The van der Waals surface area contributed by atoms with Crippen molar-refractivity contribution in [2.45, 2.75) is 20.1 Å². The Balaban J connectivity index is 2.42. The lowest BCUT2D eigenvalue weighted by molar-refractivity contribution is -0.129. The average Bonchev–Trinajstić information content (AvgIpc) is 2.39. The number of para-hydroxylation sites is 1. The molecule has 0 saturated carbocycles. The normalized spacial score (nSPS) is 10.6. The van der Waals surface area contributed by atoms with Gasteiger partial charge in [0, 0.05) is 14.2 Å². The first kappa shape index (κ1) is 15.5. The molecule has 1 aromatic carbocycles. The highest BCUT2D eigenvalue weighted by molar-refractivity contribution is 5.77. The molecule has 1 rings (SSSR count). The lowest BCUT2D eigenvalue weighted by atomic mass is 10.1. The Kier molecular flexibility index (Phi) is 6.32. The summed E-state index contributed by atoms with van der Waals surface area (Å²) in [6.45, 7) is 4.17. The molecule has 1 aromatic rings. The first-order valence-corrected chi connectivity index (χ1v) is 6.09. The number of rotatable bonds is 7. The number of benzene rings is 1. The molecule has 19 heavy (non-hydrogen) atoms. The van der Waals surface area contributed by atoms with Crippen molar-refractivity contribution in [1.82, 2.24) is 5.32 Å². The molecule has 0 aliphatic carbocycles. The fourth-order valence-electron chi connectivity index (χ4n) is 1.68. The van der Waals surface area contributed by atoms with E-state index in [1.807, 2.05) is 32.0 Å². The predicted octanol–water partition coefficient (Wildman–Crippen LogP) is 1.42. The number of carbonyl (C=O) groups excluding carboxylic acids is 1. The van der Waals surface area contributed by atoms with E-state index in [9.17, 15) is 4.79 Å². The molecule has 0 heterocycles. The monoisotopic (exact) mass is 267 g/mol. The Morgan fingerprint density at radius 2 is 1.79 bits per heavy atom. The van der Waals surface area contributed by atoms with Gasteiger partial charge in [-0.2, -0.15) is 0 Å². The van der Waals surface area contributed by atoms with Crippen LogP contribution in [-0.2, 0) is 14.3 Å². The van der Waals surface area contributed by atoms with Crippen LogP contribution in [0.1, 0.15) is 11.1 Å². The standard InChI is InChI=1S/C14H21NO4/c1-10-6-5-7-11(2)14(10)19-9-12(16)15-8-13(17-3)18-4/h5-7,13H,8-9H2,1-4H3,(H,15,16). The van der Waals surface area contributed by atoms with Gasteiger partial charge in [0.05, 0.1) is 6.54 Å². The van der Waals surface area contributed by atoms with Gasteiger partial charge < -0.3 is 19.5 Å². The van der Waals surface area contributed by atoms with Crippen LogP contribution in [0.4, 0.5) is 0 Å². The van der Waals surface area contributed by atoms with Gasteiger partial charge in [0.1, 0.15) is 5.75 Å². The van der Waals surface area contributed by atoms with Crippen molar-refractivity contribution in [3.05, 3.63) is 29.3 Å². The molecule has 0 unspecified atom stereocenters. The van der Waals surface area contributed by atoms with Crippen LogP contribution < -0.4 is 10.1 Å². The minimum atomic E-state index is -0.441. The zero-order chi connectivity index (χ0) is 14.3. The quantitative estimate of drug-likeness (QED) is 0.759. The van der Waals surface area contributed by atoms with Crippen LogP contribution in [-0.4, -0.2) is 39.6 Å². The van der Waals surface area contributed by atoms with Gasteiger partial charge in [0.25, 0.3) is 5.91 Å². The zero-order valence-electron chi connectivity index (χ0n) is 11.9. The van der Waals surface area contributed by atoms with Crippen molar-refractivity contribution < 1.29 is 19.0 Å². The maximum absolute atomic E-state index is 11.6. The summed E-state index contributed by atoms with van der Waals surface area (Å²) in [4.78, 5) is 11.6. The third-order valence-electron chi connectivity index (χ3n) is 2.75. The molecule has 1 amide bonds. The van der Waals surface area contributed by atoms with E-state index in [1.165, 1.54) is 14.2 Å². The highest BCUT2D eigenvalue weighted by Gasteiger charge is 2.10. The Bertz CT molecular complexity index is 396. The second-order valence-electron chi connectivity index (χ2n) is 4.21. The summed E-state index contributed by atoms with van der Waals surface area (Å²) >= 11 is 0. The van der Waals surface area contributed by atoms with Gasteiger partial charge in [-0.3, -0.25) is 4.79 Å². The average molecular weight is 267 g/mol. The zero-order valence-corrected chi connectivity index (χ0v) is 11.9. The Hall–Kier alpha value is -1.59. The number of nitrogens with one attached hydrogen (secondary N) is 1. The van der Waals surface area contributed by atoms with E-state index in [0.717, 1.165) is 16.9 Å². The Morgan fingerprint density at radius 3 is 2.32 bits per heavy atom. The maximum atomic E-state index is 11.6. The van der Waals surface area contributed by atoms with Crippen molar-refractivity contribution in [2.75, 3.05) is 27.4 Å². The highest BCUT2D eigenvalue weighted by atomic mass is 16.7. The summed E-state index contributed by atoms with van der Waals surface area (Å²) in [5, 5.41) is 2.68. The Morgan fingerprint density at radius 1 is 1.21 bits per heavy atom. The molecule has 0 saturated heterocycles. The summed E-state index contributed by atoms with van der Waals surface area (Å²) in [5.41, 5.74) is 2.03. The van der Waals surface area contributed by atoms with Crippen LogP contribution in [0.3, 0.4) is 0 Å². The van der Waals surface area contributed by atoms with Gasteiger partial charge in [-0.05, 0) is 25.0 Å². The third kappa shape index (κ3) is 4.89. The van der Waals surface area contributed by atoms with Gasteiger partial charge in [-0.1, -0.05) is 18.2 Å². The number of ether oxygens (including phenoxy) is 3. The molecule has 106 valence electrons. The maximum Gasteiger partial charge on any atom is 0.258 e. The summed E-state index contributed by atoms with van der Waals surface area (Å²) in [6, 6.07) is 5.86. The van der Waals surface area contributed by atoms with Gasteiger partial charge in [-0.15, -0.1) is 0 Å². The lowest BCUT2D eigenvalue weighted by Crippen LogP contribution is -2.36. The first-order chi connectivity index (χ1) is 9.08. The molecular weight excluding hydrogens is 246 g/mol. The number of amides is 1. The molecule has 0 aliphatic heterocycles. The number of methoxy groups -OCH3 is 2. The summed E-state index contributed by atoms with van der Waals surface area (Å²) in [7, 11) is 3.04. The van der Waals surface area contributed by atoms with Crippen molar-refractivity contribution >= 4 is 5.91 Å². The van der Waals surface area contributed by atoms with Crippen molar-refractivity contribution in [1.29, 1.82) is 0 Å². The third-order valence-corrected chi connectivity index (χ3v) is 2.75. The predicted molar refractivity (Wildman–Crippen MR) is 72.2 cm³/mol. The van der Waals surface area contributed by atoms with Crippen LogP contribution in [0.25, 0.3) is 0 Å². The van der Waals surface area contributed by atoms with Gasteiger partial charge in [0.15, 0.2) is 12.9 Å². The molecule has 0 atom stereocenters. The van der Waals surface area contributed by atoms with Crippen LogP contribution in [0.15, 0.2) is 18.2 Å². The van der Waals surface area contributed by atoms with Crippen molar-refractivity contribution in [3.63, 3.8) is 0 Å². The van der Waals surface area contributed by atoms with E-state index < -0.39 is 6.29 Å². The topological polar surface area (TPSA) is 56.8 Å². The number of carbonyl (C=O) groups is 1. The molecule has 0 aromatic heterocycles. The molecule has 0 radical (unpaired) electrons. The summed E-state index contributed by atoms with van der Waals surface area (Å²) < 4.78 is 15.5.